The van der Waals surface area contributed by atoms with Crippen molar-refractivity contribution in [2.24, 2.45) is 0 Å². The van der Waals surface area contributed by atoms with Crippen LogP contribution in [0.1, 0.15) is 18.2 Å². The number of carbonyl (C=O) groups is 1. The average molecular weight is 292 g/mol. The summed E-state index contributed by atoms with van der Waals surface area (Å²) < 4.78 is 17.8. The third kappa shape index (κ3) is 4.32. The van der Waals surface area contributed by atoms with Crippen molar-refractivity contribution in [3.05, 3.63) is 59.8 Å². The molecular formula is C15H17FN2O3. The van der Waals surface area contributed by atoms with Crippen LogP contribution in [0.25, 0.3) is 0 Å². The van der Waals surface area contributed by atoms with Crippen LogP contribution in [-0.2, 0) is 12.1 Å². The van der Waals surface area contributed by atoms with Crippen LogP contribution in [0.4, 0.5) is 9.18 Å². The molecule has 0 fully saturated rings. The summed E-state index contributed by atoms with van der Waals surface area (Å²) in [6.07, 6.45) is 1.46. The maximum Gasteiger partial charge on any atom is 0.315 e. The maximum atomic E-state index is 12.7. The topological polar surface area (TPSA) is 74.5 Å². The van der Waals surface area contributed by atoms with Gasteiger partial charge < -0.3 is 20.2 Å². The van der Waals surface area contributed by atoms with Crippen LogP contribution in [0.2, 0.25) is 0 Å². The van der Waals surface area contributed by atoms with Crippen molar-refractivity contribution >= 4 is 6.03 Å². The van der Waals surface area contributed by atoms with Gasteiger partial charge in [0.2, 0.25) is 0 Å². The zero-order chi connectivity index (χ0) is 15.3. The number of nitrogens with one attached hydrogen (secondary N) is 2. The summed E-state index contributed by atoms with van der Waals surface area (Å²) in [7, 11) is 0. The molecule has 0 radical (unpaired) electrons. The van der Waals surface area contributed by atoms with E-state index in [1.165, 1.54) is 18.4 Å². The van der Waals surface area contributed by atoms with E-state index in [1.54, 1.807) is 31.2 Å². The van der Waals surface area contributed by atoms with Crippen LogP contribution < -0.4 is 10.6 Å². The van der Waals surface area contributed by atoms with E-state index in [-0.39, 0.29) is 18.9 Å². The van der Waals surface area contributed by atoms with Gasteiger partial charge in [0.15, 0.2) is 0 Å². The number of hydrogen-bond acceptors (Lipinski definition) is 3. The Kier molecular flexibility index (Phi) is 4.59. The van der Waals surface area contributed by atoms with Gasteiger partial charge in [0.05, 0.1) is 12.8 Å². The molecule has 112 valence electrons. The van der Waals surface area contributed by atoms with Crippen molar-refractivity contribution in [3.63, 3.8) is 0 Å². The zero-order valence-corrected chi connectivity index (χ0v) is 11.6. The molecule has 0 bridgehead atoms. The van der Waals surface area contributed by atoms with E-state index in [9.17, 15) is 14.3 Å². The second-order valence-electron chi connectivity index (χ2n) is 4.91. The minimum Gasteiger partial charge on any atom is -0.466 e. The summed E-state index contributed by atoms with van der Waals surface area (Å²) in [5.41, 5.74) is -0.499. The van der Waals surface area contributed by atoms with Gasteiger partial charge in [-0.05, 0) is 36.8 Å². The van der Waals surface area contributed by atoms with Crippen molar-refractivity contribution in [3.8, 4) is 0 Å². The molecule has 0 aliphatic rings. The number of benzene rings is 1. The third-order valence-corrected chi connectivity index (χ3v) is 3.01. The first-order valence-electron chi connectivity index (χ1n) is 6.50. The second kappa shape index (κ2) is 6.41. The van der Waals surface area contributed by atoms with Gasteiger partial charge in [-0.15, -0.1) is 0 Å². The molecule has 2 rings (SSSR count). The molecule has 21 heavy (non-hydrogen) atoms. The molecule has 1 unspecified atom stereocenters. The number of aliphatic hydroxyl groups is 1. The molecule has 0 aliphatic carbocycles. The van der Waals surface area contributed by atoms with Crippen LogP contribution >= 0.6 is 0 Å². The first-order chi connectivity index (χ1) is 9.97. The SMILES string of the molecule is CC(O)(CNC(=O)NCc1ccc(F)cc1)c1ccco1. The molecule has 1 atom stereocenters. The number of halogens is 1. The van der Waals surface area contributed by atoms with Crippen molar-refractivity contribution in [2.75, 3.05) is 6.54 Å². The Bertz CT molecular complexity index is 579. The van der Waals surface area contributed by atoms with Crippen LogP contribution in [-0.4, -0.2) is 17.7 Å². The molecule has 3 N–H and O–H groups in total. The molecular weight excluding hydrogens is 275 g/mol. The van der Waals surface area contributed by atoms with E-state index < -0.39 is 11.6 Å². The van der Waals surface area contributed by atoms with Gasteiger partial charge in [0.1, 0.15) is 17.2 Å². The lowest BCUT2D eigenvalue weighted by Gasteiger charge is -2.21. The Morgan fingerprint density at radius 3 is 2.62 bits per heavy atom. The van der Waals surface area contributed by atoms with Crippen LogP contribution in [0.15, 0.2) is 47.1 Å². The van der Waals surface area contributed by atoms with Gasteiger partial charge in [-0.3, -0.25) is 0 Å². The number of furan rings is 1. The summed E-state index contributed by atoms with van der Waals surface area (Å²) in [6, 6.07) is 8.72. The zero-order valence-electron chi connectivity index (χ0n) is 11.6. The maximum absolute atomic E-state index is 12.7. The highest BCUT2D eigenvalue weighted by molar-refractivity contribution is 5.73. The minimum absolute atomic E-state index is 0.00969. The molecule has 5 nitrogen and oxygen atoms in total. The van der Waals surface area contributed by atoms with Gasteiger partial charge in [-0.2, -0.15) is 0 Å². The summed E-state index contributed by atoms with van der Waals surface area (Å²) in [5.74, 6) is 0.0547. The van der Waals surface area contributed by atoms with E-state index in [0.717, 1.165) is 5.56 Å². The van der Waals surface area contributed by atoms with Crippen molar-refractivity contribution < 1.29 is 18.7 Å². The first-order valence-corrected chi connectivity index (χ1v) is 6.50. The number of hydrogen-bond donors (Lipinski definition) is 3. The quantitative estimate of drug-likeness (QED) is 0.790. The molecule has 1 aromatic carbocycles. The van der Waals surface area contributed by atoms with Gasteiger partial charge in [0.25, 0.3) is 0 Å². The smallest absolute Gasteiger partial charge is 0.315 e. The van der Waals surface area contributed by atoms with E-state index in [2.05, 4.69) is 10.6 Å². The van der Waals surface area contributed by atoms with E-state index in [0.29, 0.717) is 5.76 Å². The van der Waals surface area contributed by atoms with Crippen LogP contribution in [0.3, 0.4) is 0 Å². The summed E-state index contributed by atoms with van der Waals surface area (Å²) in [4.78, 5) is 11.7. The largest absolute Gasteiger partial charge is 0.466 e. The Morgan fingerprint density at radius 1 is 1.29 bits per heavy atom. The number of rotatable bonds is 5. The van der Waals surface area contributed by atoms with E-state index in [1.807, 2.05) is 0 Å². The van der Waals surface area contributed by atoms with Crippen molar-refractivity contribution in [1.82, 2.24) is 10.6 Å². The lowest BCUT2D eigenvalue weighted by Crippen LogP contribution is -2.43. The molecule has 0 saturated carbocycles. The highest BCUT2D eigenvalue weighted by atomic mass is 19.1. The molecule has 0 aliphatic heterocycles. The fourth-order valence-electron chi connectivity index (χ4n) is 1.77. The molecule has 1 aromatic heterocycles. The lowest BCUT2D eigenvalue weighted by atomic mass is 10.0. The van der Waals surface area contributed by atoms with Gasteiger partial charge >= 0.3 is 6.03 Å². The third-order valence-electron chi connectivity index (χ3n) is 3.01. The van der Waals surface area contributed by atoms with Gasteiger partial charge in [-0.25, -0.2) is 9.18 Å². The second-order valence-corrected chi connectivity index (χ2v) is 4.91. The number of carbonyl (C=O) groups excluding carboxylic acids is 1. The van der Waals surface area contributed by atoms with Crippen LogP contribution in [0.5, 0.6) is 0 Å². The highest BCUT2D eigenvalue weighted by Gasteiger charge is 2.26. The fourth-order valence-corrected chi connectivity index (χ4v) is 1.77. The molecule has 2 amide bonds. The molecule has 0 spiro atoms. The Balaban J connectivity index is 1.78. The minimum atomic E-state index is -1.28. The normalized spacial score (nSPS) is 13.5. The highest BCUT2D eigenvalue weighted by Crippen LogP contribution is 2.19. The predicted octanol–water partition coefficient (Wildman–Crippen LogP) is 2.13. The predicted molar refractivity (Wildman–Crippen MR) is 74.9 cm³/mol. The molecule has 2 aromatic rings. The van der Waals surface area contributed by atoms with Crippen molar-refractivity contribution in [1.29, 1.82) is 0 Å². The summed E-state index contributed by atoms with van der Waals surface area (Å²) in [5, 5.41) is 15.3. The Morgan fingerprint density at radius 2 is 2.00 bits per heavy atom. The summed E-state index contributed by atoms with van der Waals surface area (Å²) >= 11 is 0. The monoisotopic (exact) mass is 292 g/mol. The van der Waals surface area contributed by atoms with Crippen molar-refractivity contribution in [2.45, 2.75) is 19.1 Å². The molecule has 6 heteroatoms. The lowest BCUT2D eigenvalue weighted by molar-refractivity contribution is 0.0367. The standard InChI is InChI=1S/C15H17FN2O3/c1-15(20,13-3-2-8-21-13)10-18-14(19)17-9-11-4-6-12(16)7-5-11/h2-8,20H,9-10H2,1H3,(H2,17,18,19). The van der Waals surface area contributed by atoms with Crippen LogP contribution in [0, 0.1) is 5.82 Å². The van der Waals surface area contributed by atoms with E-state index >= 15 is 0 Å². The number of amides is 2. The van der Waals surface area contributed by atoms with Gasteiger partial charge in [-0.1, -0.05) is 12.1 Å². The average Bonchev–Trinajstić information content (AvgIpc) is 3.00. The Hall–Kier alpha value is -2.34. The fraction of sp³-hybridized carbons (Fsp3) is 0.267. The first kappa shape index (κ1) is 15.1. The summed E-state index contributed by atoms with van der Waals surface area (Å²) in [6.45, 7) is 1.83. The Labute approximate surface area is 121 Å². The van der Waals surface area contributed by atoms with E-state index in [4.69, 9.17) is 4.42 Å². The molecule has 0 saturated heterocycles. The molecule has 1 heterocycles. The van der Waals surface area contributed by atoms with Gasteiger partial charge in [0, 0.05) is 6.54 Å². The number of urea groups is 1.